The van der Waals surface area contributed by atoms with Crippen molar-refractivity contribution < 1.29 is 9.53 Å². The molecule has 132 valence electrons. The largest absolute Gasteiger partial charge is 0.487 e. The first-order chi connectivity index (χ1) is 12.7. The lowest BCUT2D eigenvalue weighted by molar-refractivity contribution is 0.251. The quantitative estimate of drug-likeness (QED) is 0.699. The van der Waals surface area contributed by atoms with Crippen molar-refractivity contribution in [2.24, 2.45) is 0 Å². The van der Waals surface area contributed by atoms with Crippen LogP contribution in [0.3, 0.4) is 0 Å². The molecule has 0 fully saturated rings. The lowest BCUT2D eigenvalue weighted by atomic mass is 10.2. The summed E-state index contributed by atoms with van der Waals surface area (Å²) in [6, 6.07) is 20.8. The zero-order valence-electron chi connectivity index (χ0n) is 14.6. The van der Waals surface area contributed by atoms with Gasteiger partial charge in [0.05, 0.1) is 5.69 Å². The van der Waals surface area contributed by atoms with Gasteiger partial charge in [-0.2, -0.15) is 0 Å². The first kappa shape index (κ1) is 17.5. The molecule has 26 heavy (non-hydrogen) atoms. The number of hydrogen-bond donors (Lipinski definition) is 2. The fourth-order valence-electron chi connectivity index (χ4n) is 2.38. The van der Waals surface area contributed by atoms with Crippen LogP contribution in [-0.2, 0) is 13.2 Å². The second-order valence-corrected chi connectivity index (χ2v) is 5.93. The highest BCUT2D eigenvalue weighted by atomic mass is 16.5. The monoisotopic (exact) mass is 347 g/mol. The molecule has 0 aliphatic heterocycles. The summed E-state index contributed by atoms with van der Waals surface area (Å²) >= 11 is 0. The molecule has 2 aromatic carbocycles. The molecule has 0 atom stereocenters. The minimum atomic E-state index is -0.242. The molecule has 2 N–H and O–H groups in total. The van der Waals surface area contributed by atoms with Crippen molar-refractivity contribution in [1.82, 2.24) is 10.3 Å². The number of carbonyl (C=O) groups excluding carboxylic acids is 1. The molecule has 1 aromatic heterocycles. The lowest BCUT2D eigenvalue weighted by Gasteiger charge is -2.10. The number of aryl methyl sites for hydroxylation is 1. The van der Waals surface area contributed by atoms with E-state index in [4.69, 9.17) is 4.74 Å². The molecule has 2 amide bonds. The molecule has 0 aliphatic rings. The summed E-state index contributed by atoms with van der Waals surface area (Å²) in [5.74, 6) is 0.744. The van der Waals surface area contributed by atoms with Crippen LogP contribution in [0.25, 0.3) is 0 Å². The van der Waals surface area contributed by atoms with E-state index >= 15 is 0 Å². The maximum atomic E-state index is 12.0. The van der Waals surface area contributed by atoms with E-state index < -0.39 is 0 Å². The number of pyridine rings is 1. The van der Waals surface area contributed by atoms with E-state index in [9.17, 15) is 4.79 Å². The van der Waals surface area contributed by atoms with Crippen molar-refractivity contribution in [3.63, 3.8) is 0 Å². The Kier molecular flexibility index (Phi) is 5.83. The number of ether oxygens (including phenoxy) is 1. The Morgan fingerprint density at radius 1 is 1.04 bits per heavy atom. The van der Waals surface area contributed by atoms with Crippen LogP contribution in [-0.4, -0.2) is 11.0 Å². The molecule has 5 heteroatoms. The van der Waals surface area contributed by atoms with Crippen molar-refractivity contribution in [3.05, 3.63) is 89.7 Å². The highest BCUT2D eigenvalue weighted by Gasteiger charge is 2.03. The van der Waals surface area contributed by atoms with Gasteiger partial charge in [0.2, 0.25) is 0 Å². The summed E-state index contributed by atoms with van der Waals surface area (Å²) in [6.07, 6.45) is 1.74. The highest BCUT2D eigenvalue weighted by Crippen LogP contribution is 2.15. The number of carbonyl (C=O) groups is 1. The summed E-state index contributed by atoms with van der Waals surface area (Å²) in [5, 5.41) is 5.66. The van der Waals surface area contributed by atoms with Crippen LogP contribution in [0.1, 0.15) is 16.8 Å². The summed E-state index contributed by atoms with van der Waals surface area (Å²) in [4.78, 5) is 16.2. The number of anilines is 1. The Balaban J connectivity index is 1.50. The summed E-state index contributed by atoms with van der Waals surface area (Å²) < 4.78 is 5.76. The molecule has 0 bridgehead atoms. The standard InChI is InChI=1S/C21H21N3O2/c1-16-8-10-18(11-9-16)24-21(25)23-14-17-5-4-7-20(13-17)26-15-19-6-2-3-12-22-19/h2-13H,14-15H2,1H3,(H2,23,24,25). The van der Waals surface area contributed by atoms with Crippen LogP contribution in [0.15, 0.2) is 72.9 Å². The first-order valence-electron chi connectivity index (χ1n) is 8.42. The Hall–Kier alpha value is -3.34. The molecular formula is C21H21N3O2. The molecule has 3 rings (SSSR count). The van der Waals surface area contributed by atoms with Gasteiger partial charge in [0.25, 0.3) is 0 Å². The minimum Gasteiger partial charge on any atom is -0.487 e. The van der Waals surface area contributed by atoms with Gasteiger partial charge in [-0.3, -0.25) is 4.98 Å². The fraction of sp³-hybridized carbons (Fsp3) is 0.143. The third-order valence-corrected chi connectivity index (χ3v) is 3.77. The van der Waals surface area contributed by atoms with Crippen molar-refractivity contribution in [2.45, 2.75) is 20.1 Å². The zero-order valence-corrected chi connectivity index (χ0v) is 14.6. The average molecular weight is 347 g/mol. The van der Waals surface area contributed by atoms with Crippen molar-refractivity contribution in [3.8, 4) is 5.75 Å². The summed E-state index contributed by atoms with van der Waals surface area (Å²) in [7, 11) is 0. The van der Waals surface area contributed by atoms with E-state index in [0.29, 0.717) is 13.2 Å². The molecule has 5 nitrogen and oxygen atoms in total. The predicted molar refractivity (Wildman–Crippen MR) is 102 cm³/mol. The minimum absolute atomic E-state index is 0.242. The summed E-state index contributed by atoms with van der Waals surface area (Å²) in [5.41, 5.74) is 3.75. The molecule has 1 heterocycles. The number of amides is 2. The van der Waals surface area contributed by atoms with E-state index in [2.05, 4.69) is 15.6 Å². The number of urea groups is 1. The molecule has 0 saturated carbocycles. The maximum Gasteiger partial charge on any atom is 0.319 e. The van der Waals surface area contributed by atoms with E-state index in [1.807, 2.05) is 73.7 Å². The molecule has 0 unspecified atom stereocenters. The zero-order chi connectivity index (χ0) is 18.2. The van der Waals surface area contributed by atoms with Crippen LogP contribution in [0.2, 0.25) is 0 Å². The van der Waals surface area contributed by atoms with Crippen LogP contribution < -0.4 is 15.4 Å². The SMILES string of the molecule is Cc1ccc(NC(=O)NCc2cccc(OCc3ccccn3)c2)cc1. The van der Waals surface area contributed by atoms with Gasteiger partial charge < -0.3 is 15.4 Å². The van der Waals surface area contributed by atoms with E-state index in [1.54, 1.807) is 6.20 Å². The van der Waals surface area contributed by atoms with Gasteiger partial charge in [-0.25, -0.2) is 4.79 Å². The van der Waals surface area contributed by atoms with Gasteiger partial charge in [0.15, 0.2) is 0 Å². The van der Waals surface area contributed by atoms with E-state index in [1.165, 1.54) is 0 Å². The number of nitrogens with zero attached hydrogens (tertiary/aromatic N) is 1. The average Bonchev–Trinajstić information content (AvgIpc) is 2.68. The van der Waals surface area contributed by atoms with E-state index in [-0.39, 0.29) is 6.03 Å². The van der Waals surface area contributed by atoms with E-state index in [0.717, 1.165) is 28.3 Å². The molecule has 0 saturated heterocycles. The third kappa shape index (κ3) is 5.34. The second kappa shape index (κ2) is 8.67. The number of aromatic nitrogens is 1. The van der Waals surface area contributed by atoms with Gasteiger partial charge >= 0.3 is 6.03 Å². The third-order valence-electron chi connectivity index (χ3n) is 3.77. The number of hydrogen-bond acceptors (Lipinski definition) is 3. The topological polar surface area (TPSA) is 63.2 Å². The van der Waals surface area contributed by atoms with Crippen molar-refractivity contribution in [1.29, 1.82) is 0 Å². The number of benzene rings is 2. The van der Waals surface area contributed by atoms with Gasteiger partial charge in [-0.05, 0) is 48.9 Å². The second-order valence-electron chi connectivity index (χ2n) is 5.93. The lowest BCUT2D eigenvalue weighted by Crippen LogP contribution is -2.28. The van der Waals surface area contributed by atoms with Crippen LogP contribution in [0, 0.1) is 6.92 Å². The van der Waals surface area contributed by atoms with Crippen LogP contribution >= 0.6 is 0 Å². The Morgan fingerprint density at radius 3 is 2.65 bits per heavy atom. The smallest absolute Gasteiger partial charge is 0.319 e. The maximum absolute atomic E-state index is 12.0. The number of rotatable bonds is 6. The van der Waals surface area contributed by atoms with Crippen LogP contribution in [0.5, 0.6) is 5.75 Å². The fourth-order valence-corrected chi connectivity index (χ4v) is 2.38. The molecule has 0 aliphatic carbocycles. The molecule has 0 radical (unpaired) electrons. The highest BCUT2D eigenvalue weighted by molar-refractivity contribution is 5.89. The summed E-state index contributed by atoms with van der Waals surface area (Å²) in [6.45, 7) is 2.83. The van der Waals surface area contributed by atoms with Gasteiger partial charge in [0, 0.05) is 18.4 Å². The number of nitrogens with one attached hydrogen (secondary N) is 2. The van der Waals surface area contributed by atoms with Crippen molar-refractivity contribution >= 4 is 11.7 Å². The molecule has 0 spiro atoms. The van der Waals surface area contributed by atoms with Crippen LogP contribution in [0.4, 0.5) is 10.5 Å². The molecule has 3 aromatic rings. The van der Waals surface area contributed by atoms with Gasteiger partial charge in [-0.15, -0.1) is 0 Å². The Bertz CT molecular complexity index is 849. The first-order valence-corrected chi connectivity index (χ1v) is 8.42. The van der Waals surface area contributed by atoms with Gasteiger partial charge in [0.1, 0.15) is 12.4 Å². The van der Waals surface area contributed by atoms with Crippen molar-refractivity contribution in [2.75, 3.05) is 5.32 Å². The Morgan fingerprint density at radius 2 is 1.88 bits per heavy atom. The Labute approximate surface area is 153 Å². The normalized spacial score (nSPS) is 10.2. The van der Waals surface area contributed by atoms with Gasteiger partial charge in [-0.1, -0.05) is 35.9 Å². The predicted octanol–water partition coefficient (Wildman–Crippen LogP) is 4.29. The molecular weight excluding hydrogens is 326 g/mol.